The van der Waals surface area contributed by atoms with Crippen LogP contribution in [0.15, 0.2) is 90.0 Å². The highest BCUT2D eigenvalue weighted by Crippen LogP contribution is 2.29. The first kappa shape index (κ1) is 23.0. The SMILES string of the molecule is Cn1c(=O)c(Nc2ccccc2N2CCOCC2)nc2ccc(-c3cnn(Cc4ccccc4)c3)cc21. The minimum atomic E-state index is -0.179. The van der Waals surface area contributed by atoms with E-state index in [2.05, 4.69) is 33.5 Å². The highest BCUT2D eigenvalue weighted by Gasteiger charge is 2.17. The van der Waals surface area contributed by atoms with E-state index in [-0.39, 0.29) is 5.56 Å². The van der Waals surface area contributed by atoms with Crippen LogP contribution in [0.3, 0.4) is 0 Å². The van der Waals surface area contributed by atoms with Crippen molar-refractivity contribution < 1.29 is 4.74 Å². The number of anilines is 3. The molecule has 1 N–H and O–H groups in total. The molecule has 3 aromatic carbocycles. The summed E-state index contributed by atoms with van der Waals surface area (Å²) in [6, 6.07) is 24.2. The van der Waals surface area contributed by atoms with Gasteiger partial charge >= 0.3 is 0 Å². The smallest absolute Gasteiger partial charge is 0.293 e. The van der Waals surface area contributed by atoms with Gasteiger partial charge in [0.2, 0.25) is 0 Å². The second kappa shape index (κ2) is 9.91. The van der Waals surface area contributed by atoms with Gasteiger partial charge in [0.1, 0.15) is 0 Å². The van der Waals surface area contributed by atoms with Crippen molar-refractivity contribution in [2.75, 3.05) is 36.5 Å². The zero-order valence-corrected chi connectivity index (χ0v) is 20.7. The minimum Gasteiger partial charge on any atom is -0.378 e. The normalized spacial score (nSPS) is 13.7. The number of rotatable bonds is 6. The van der Waals surface area contributed by atoms with Crippen LogP contribution in [-0.4, -0.2) is 45.6 Å². The highest BCUT2D eigenvalue weighted by atomic mass is 16.5. The Labute approximate surface area is 214 Å². The predicted octanol–water partition coefficient (Wildman–Crippen LogP) is 4.43. The fourth-order valence-corrected chi connectivity index (χ4v) is 4.74. The van der Waals surface area contributed by atoms with Crippen molar-refractivity contribution in [2.24, 2.45) is 7.05 Å². The van der Waals surface area contributed by atoms with Crippen LogP contribution in [0.1, 0.15) is 5.56 Å². The number of nitrogens with zero attached hydrogens (tertiary/aromatic N) is 5. The van der Waals surface area contributed by atoms with E-state index in [0.717, 1.165) is 46.6 Å². The van der Waals surface area contributed by atoms with E-state index in [1.54, 1.807) is 11.6 Å². The molecule has 8 nitrogen and oxygen atoms in total. The number of hydrogen-bond donors (Lipinski definition) is 1. The number of fused-ring (bicyclic) bond motifs is 1. The zero-order chi connectivity index (χ0) is 25.2. The number of aromatic nitrogens is 4. The lowest BCUT2D eigenvalue weighted by Gasteiger charge is -2.30. The number of ether oxygens (including phenoxy) is 1. The molecule has 0 atom stereocenters. The van der Waals surface area contributed by atoms with Crippen LogP contribution in [-0.2, 0) is 18.3 Å². The topological polar surface area (TPSA) is 77.2 Å². The van der Waals surface area contributed by atoms with E-state index in [4.69, 9.17) is 9.72 Å². The van der Waals surface area contributed by atoms with Crippen molar-refractivity contribution in [1.82, 2.24) is 19.3 Å². The van der Waals surface area contributed by atoms with E-state index in [0.29, 0.717) is 25.6 Å². The Bertz CT molecular complexity index is 1600. The Morgan fingerprint density at radius 2 is 1.73 bits per heavy atom. The Hall–Kier alpha value is -4.43. The van der Waals surface area contributed by atoms with Crippen LogP contribution in [0.4, 0.5) is 17.2 Å². The summed E-state index contributed by atoms with van der Waals surface area (Å²) in [6.45, 7) is 3.71. The minimum absolute atomic E-state index is 0.179. The lowest BCUT2D eigenvalue weighted by atomic mass is 10.1. The van der Waals surface area contributed by atoms with Crippen molar-refractivity contribution in [2.45, 2.75) is 6.54 Å². The Balaban J connectivity index is 1.30. The van der Waals surface area contributed by atoms with E-state index in [9.17, 15) is 4.79 Å². The molecule has 186 valence electrons. The molecule has 1 fully saturated rings. The fourth-order valence-electron chi connectivity index (χ4n) is 4.74. The molecule has 1 saturated heterocycles. The highest BCUT2D eigenvalue weighted by molar-refractivity contribution is 5.83. The molecule has 5 aromatic rings. The molecule has 3 heterocycles. The molecule has 0 amide bonds. The number of aryl methyl sites for hydroxylation is 1. The lowest BCUT2D eigenvalue weighted by molar-refractivity contribution is 0.123. The molecule has 0 saturated carbocycles. The van der Waals surface area contributed by atoms with Gasteiger partial charge in [0.15, 0.2) is 5.82 Å². The summed E-state index contributed by atoms with van der Waals surface area (Å²) >= 11 is 0. The molecule has 8 heteroatoms. The molecule has 6 rings (SSSR count). The van der Waals surface area contributed by atoms with Gasteiger partial charge in [-0.3, -0.25) is 9.48 Å². The number of hydrogen-bond acceptors (Lipinski definition) is 6. The van der Waals surface area contributed by atoms with Gasteiger partial charge < -0.3 is 19.5 Å². The van der Waals surface area contributed by atoms with Crippen molar-refractivity contribution in [3.63, 3.8) is 0 Å². The zero-order valence-electron chi connectivity index (χ0n) is 20.7. The molecule has 1 aliphatic rings. The number of para-hydroxylation sites is 2. The maximum absolute atomic E-state index is 13.3. The van der Waals surface area contributed by atoms with Gasteiger partial charge in [0.05, 0.1) is 48.4 Å². The van der Waals surface area contributed by atoms with Gasteiger partial charge in [-0.05, 0) is 35.4 Å². The molecule has 1 aliphatic heterocycles. The molecule has 0 bridgehead atoms. The van der Waals surface area contributed by atoms with E-state index < -0.39 is 0 Å². The summed E-state index contributed by atoms with van der Waals surface area (Å²) in [5.74, 6) is 0.305. The standard InChI is InChI=1S/C29H28N6O2/c1-33-27-17-22(23-18-30-35(20-23)19-21-7-3-2-4-8-21)11-12-25(27)32-28(29(33)36)31-24-9-5-6-10-26(24)34-13-15-37-16-14-34/h2-12,17-18,20H,13-16,19H2,1H3,(H,31,32). The first-order valence-electron chi connectivity index (χ1n) is 12.4. The van der Waals surface area contributed by atoms with Crippen LogP contribution in [0, 0.1) is 0 Å². The van der Waals surface area contributed by atoms with Crippen molar-refractivity contribution in [3.05, 3.63) is 101 Å². The maximum atomic E-state index is 13.3. The van der Waals surface area contributed by atoms with Gasteiger partial charge in [0, 0.05) is 31.9 Å². The Morgan fingerprint density at radius 1 is 0.946 bits per heavy atom. The first-order chi connectivity index (χ1) is 18.2. The number of benzene rings is 3. The third-order valence-corrected chi connectivity index (χ3v) is 6.74. The van der Waals surface area contributed by atoms with Crippen LogP contribution < -0.4 is 15.8 Å². The van der Waals surface area contributed by atoms with Crippen LogP contribution in [0.5, 0.6) is 0 Å². The summed E-state index contributed by atoms with van der Waals surface area (Å²) in [4.78, 5) is 20.3. The second-order valence-corrected chi connectivity index (χ2v) is 9.18. The van der Waals surface area contributed by atoms with Gasteiger partial charge in [-0.2, -0.15) is 5.10 Å². The van der Waals surface area contributed by atoms with Gasteiger partial charge in [-0.25, -0.2) is 4.98 Å². The first-order valence-corrected chi connectivity index (χ1v) is 12.4. The third-order valence-electron chi connectivity index (χ3n) is 6.74. The molecule has 0 unspecified atom stereocenters. The summed E-state index contributed by atoms with van der Waals surface area (Å²) in [7, 11) is 1.79. The fraction of sp³-hybridized carbons (Fsp3) is 0.207. The summed E-state index contributed by atoms with van der Waals surface area (Å²) in [6.07, 6.45) is 3.88. The molecule has 2 aromatic heterocycles. The molecular weight excluding hydrogens is 464 g/mol. The van der Waals surface area contributed by atoms with Crippen molar-refractivity contribution in [1.29, 1.82) is 0 Å². The summed E-state index contributed by atoms with van der Waals surface area (Å²) < 4.78 is 9.07. The average Bonchev–Trinajstić information content (AvgIpc) is 3.41. The van der Waals surface area contributed by atoms with Gasteiger partial charge in [-0.1, -0.05) is 48.5 Å². The largest absolute Gasteiger partial charge is 0.378 e. The monoisotopic (exact) mass is 492 g/mol. The van der Waals surface area contributed by atoms with E-state index in [1.165, 1.54) is 5.56 Å². The van der Waals surface area contributed by atoms with Crippen LogP contribution >= 0.6 is 0 Å². The third kappa shape index (κ3) is 4.71. The quantitative estimate of drug-likeness (QED) is 0.378. The van der Waals surface area contributed by atoms with Crippen LogP contribution in [0.25, 0.3) is 22.2 Å². The van der Waals surface area contributed by atoms with Gasteiger partial charge in [-0.15, -0.1) is 0 Å². The molecule has 37 heavy (non-hydrogen) atoms. The average molecular weight is 493 g/mol. The van der Waals surface area contributed by atoms with Crippen molar-refractivity contribution in [3.8, 4) is 11.1 Å². The Morgan fingerprint density at radius 3 is 2.57 bits per heavy atom. The maximum Gasteiger partial charge on any atom is 0.293 e. The summed E-state index contributed by atoms with van der Waals surface area (Å²) in [5, 5.41) is 7.83. The number of nitrogens with one attached hydrogen (secondary N) is 1. The molecule has 0 spiro atoms. The lowest BCUT2D eigenvalue weighted by Crippen LogP contribution is -2.36. The van der Waals surface area contributed by atoms with E-state index in [1.807, 2.05) is 71.7 Å². The predicted molar refractivity (Wildman–Crippen MR) is 147 cm³/mol. The van der Waals surface area contributed by atoms with Crippen LogP contribution in [0.2, 0.25) is 0 Å². The van der Waals surface area contributed by atoms with Gasteiger partial charge in [0.25, 0.3) is 5.56 Å². The second-order valence-electron chi connectivity index (χ2n) is 9.18. The van der Waals surface area contributed by atoms with E-state index >= 15 is 0 Å². The molecule has 0 aliphatic carbocycles. The Kier molecular flexibility index (Phi) is 6.16. The summed E-state index contributed by atoms with van der Waals surface area (Å²) in [5.41, 5.74) is 6.40. The molecule has 0 radical (unpaired) electrons. The molecular formula is C29H28N6O2. The number of morpholine rings is 1. The van der Waals surface area contributed by atoms with Crippen molar-refractivity contribution >= 4 is 28.2 Å².